The zero-order chi connectivity index (χ0) is 9.26. The highest BCUT2D eigenvalue weighted by Crippen LogP contribution is 2.22. The molecule has 0 saturated carbocycles. The van der Waals surface area contributed by atoms with E-state index in [9.17, 15) is 4.79 Å². The van der Waals surface area contributed by atoms with Crippen LogP contribution in [0.1, 0.15) is 4.88 Å². The van der Waals surface area contributed by atoms with Crippen LogP contribution in [0.25, 0.3) is 11.1 Å². The van der Waals surface area contributed by atoms with Gasteiger partial charge in [0.05, 0.1) is 6.20 Å². The predicted octanol–water partition coefficient (Wildman–Crippen LogP) is 1.81. The summed E-state index contributed by atoms with van der Waals surface area (Å²) < 4.78 is 0. The minimum absolute atomic E-state index is 0.165. The fourth-order valence-corrected chi connectivity index (χ4v) is 1.84. The van der Waals surface area contributed by atoms with Crippen LogP contribution in [0.4, 0.5) is 0 Å². The fourth-order valence-electron chi connectivity index (χ4n) is 1.13. The van der Waals surface area contributed by atoms with Crippen molar-refractivity contribution in [2.45, 2.75) is 6.92 Å². The number of nitrogens with zero attached hydrogens (tertiary/aromatic N) is 1. The van der Waals surface area contributed by atoms with Crippen molar-refractivity contribution >= 4 is 11.3 Å². The Morgan fingerprint density at radius 2 is 2.23 bits per heavy atom. The Labute approximate surface area is 79.1 Å². The summed E-state index contributed by atoms with van der Waals surface area (Å²) in [6, 6.07) is 3.59. The average Bonchev–Trinajstić information content (AvgIpc) is 2.52. The third-order valence-corrected chi connectivity index (χ3v) is 2.59. The topological polar surface area (TPSA) is 45.8 Å². The van der Waals surface area contributed by atoms with Gasteiger partial charge in [-0.1, -0.05) is 0 Å². The monoisotopic (exact) mass is 192 g/mol. The first-order valence-electron chi connectivity index (χ1n) is 3.86. The zero-order valence-electron chi connectivity index (χ0n) is 7.07. The third kappa shape index (κ3) is 1.67. The van der Waals surface area contributed by atoms with Crippen LogP contribution in [-0.2, 0) is 0 Å². The van der Waals surface area contributed by atoms with Gasteiger partial charge in [-0.2, -0.15) is 5.10 Å². The van der Waals surface area contributed by atoms with Crippen LogP contribution < -0.4 is 5.56 Å². The van der Waals surface area contributed by atoms with Gasteiger partial charge in [0.15, 0.2) is 0 Å². The Morgan fingerprint density at radius 3 is 2.85 bits per heavy atom. The van der Waals surface area contributed by atoms with E-state index < -0.39 is 0 Å². The Balaban J connectivity index is 2.52. The van der Waals surface area contributed by atoms with E-state index in [1.807, 2.05) is 18.4 Å². The molecule has 0 radical (unpaired) electrons. The second kappa shape index (κ2) is 3.14. The lowest BCUT2D eigenvalue weighted by atomic mass is 10.2. The molecule has 2 heterocycles. The van der Waals surface area contributed by atoms with Gasteiger partial charge >= 0.3 is 0 Å². The van der Waals surface area contributed by atoms with Crippen LogP contribution in [0.5, 0.6) is 0 Å². The summed E-state index contributed by atoms with van der Waals surface area (Å²) in [5.41, 5.74) is 1.76. The molecule has 0 bridgehead atoms. The number of aryl methyl sites for hydroxylation is 1. The minimum atomic E-state index is -0.165. The van der Waals surface area contributed by atoms with E-state index in [1.54, 1.807) is 23.6 Å². The van der Waals surface area contributed by atoms with Crippen molar-refractivity contribution in [3.05, 3.63) is 38.9 Å². The van der Waals surface area contributed by atoms with E-state index >= 15 is 0 Å². The number of thiophene rings is 1. The molecule has 0 aliphatic heterocycles. The fraction of sp³-hybridized carbons (Fsp3) is 0.111. The van der Waals surface area contributed by atoms with Gasteiger partial charge in [0.25, 0.3) is 5.56 Å². The second-order valence-corrected chi connectivity index (χ2v) is 3.90. The van der Waals surface area contributed by atoms with Crippen molar-refractivity contribution in [3.8, 4) is 11.1 Å². The molecule has 66 valence electrons. The number of rotatable bonds is 1. The highest BCUT2D eigenvalue weighted by Gasteiger charge is 2.00. The van der Waals surface area contributed by atoms with Crippen LogP contribution in [-0.4, -0.2) is 10.2 Å². The summed E-state index contributed by atoms with van der Waals surface area (Å²) in [7, 11) is 0. The molecule has 0 aromatic carbocycles. The van der Waals surface area contributed by atoms with E-state index in [1.165, 1.54) is 4.88 Å². The molecule has 0 saturated heterocycles. The SMILES string of the molecule is Cc1cc(-c2cn[nH]c(=O)c2)cs1. The first-order chi connectivity index (χ1) is 6.25. The molecule has 0 aliphatic rings. The lowest BCUT2D eigenvalue weighted by molar-refractivity contribution is 0.991. The van der Waals surface area contributed by atoms with Crippen molar-refractivity contribution in [2.24, 2.45) is 0 Å². The average molecular weight is 192 g/mol. The smallest absolute Gasteiger partial charge is 0.264 e. The number of aromatic amines is 1. The number of H-pyrrole nitrogens is 1. The van der Waals surface area contributed by atoms with Crippen LogP contribution in [0.3, 0.4) is 0 Å². The molecule has 0 fully saturated rings. The maximum atomic E-state index is 11.0. The number of aromatic nitrogens is 2. The van der Waals surface area contributed by atoms with Crippen molar-refractivity contribution in [3.63, 3.8) is 0 Å². The molecule has 0 amide bonds. The van der Waals surface area contributed by atoms with Crippen molar-refractivity contribution < 1.29 is 0 Å². The van der Waals surface area contributed by atoms with Gasteiger partial charge in [0.2, 0.25) is 0 Å². The molecule has 4 heteroatoms. The lowest BCUT2D eigenvalue weighted by Crippen LogP contribution is -2.05. The van der Waals surface area contributed by atoms with E-state index in [4.69, 9.17) is 0 Å². The van der Waals surface area contributed by atoms with E-state index in [0.717, 1.165) is 11.1 Å². The molecule has 0 atom stereocenters. The lowest BCUT2D eigenvalue weighted by Gasteiger charge is -1.92. The van der Waals surface area contributed by atoms with Gasteiger partial charge in [-0.15, -0.1) is 11.3 Å². The Kier molecular flexibility index (Phi) is 1.98. The molecular formula is C9H8N2OS. The molecule has 3 nitrogen and oxygen atoms in total. The van der Waals surface area contributed by atoms with Gasteiger partial charge in [0, 0.05) is 16.5 Å². The van der Waals surface area contributed by atoms with Crippen LogP contribution in [0.15, 0.2) is 28.5 Å². The van der Waals surface area contributed by atoms with Gasteiger partial charge in [-0.3, -0.25) is 4.79 Å². The van der Waals surface area contributed by atoms with Crippen molar-refractivity contribution in [1.82, 2.24) is 10.2 Å². The maximum Gasteiger partial charge on any atom is 0.264 e. The van der Waals surface area contributed by atoms with E-state index in [2.05, 4.69) is 10.2 Å². The Bertz CT molecular complexity index is 472. The molecule has 0 unspecified atom stereocenters. The minimum Gasteiger partial charge on any atom is -0.268 e. The molecular weight excluding hydrogens is 184 g/mol. The quantitative estimate of drug-likeness (QED) is 0.749. The van der Waals surface area contributed by atoms with E-state index in [0.29, 0.717) is 0 Å². The number of hydrogen-bond donors (Lipinski definition) is 1. The first kappa shape index (κ1) is 8.19. The van der Waals surface area contributed by atoms with Crippen molar-refractivity contribution in [2.75, 3.05) is 0 Å². The molecule has 2 aromatic rings. The van der Waals surface area contributed by atoms with Gasteiger partial charge in [-0.25, -0.2) is 5.10 Å². The summed E-state index contributed by atoms with van der Waals surface area (Å²) in [6.45, 7) is 2.04. The molecule has 13 heavy (non-hydrogen) atoms. The summed E-state index contributed by atoms with van der Waals surface area (Å²) in [5, 5.41) is 8.10. The van der Waals surface area contributed by atoms with Gasteiger partial charge in [-0.05, 0) is 23.9 Å². The largest absolute Gasteiger partial charge is 0.268 e. The zero-order valence-corrected chi connectivity index (χ0v) is 7.89. The molecule has 0 spiro atoms. The molecule has 1 N–H and O–H groups in total. The third-order valence-electron chi connectivity index (χ3n) is 1.73. The number of nitrogens with one attached hydrogen (secondary N) is 1. The highest BCUT2D eigenvalue weighted by molar-refractivity contribution is 7.10. The first-order valence-corrected chi connectivity index (χ1v) is 4.74. The van der Waals surface area contributed by atoms with Crippen molar-refractivity contribution in [1.29, 1.82) is 0 Å². The molecule has 0 aliphatic carbocycles. The Morgan fingerprint density at radius 1 is 1.38 bits per heavy atom. The molecule has 2 aromatic heterocycles. The Hall–Kier alpha value is -1.42. The summed E-state index contributed by atoms with van der Waals surface area (Å²) in [4.78, 5) is 12.2. The van der Waals surface area contributed by atoms with Crippen LogP contribution in [0.2, 0.25) is 0 Å². The number of hydrogen-bond acceptors (Lipinski definition) is 3. The summed E-state index contributed by atoms with van der Waals surface area (Å²) in [6.07, 6.45) is 1.66. The van der Waals surface area contributed by atoms with Gasteiger partial charge < -0.3 is 0 Å². The van der Waals surface area contributed by atoms with E-state index in [-0.39, 0.29) is 5.56 Å². The standard InChI is InChI=1S/C9H8N2OS/c1-6-2-8(5-13-6)7-3-9(12)11-10-4-7/h2-5H,1H3,(H,11,12). The van der Waals surface area contributed by atoms with Crippen LogP contribution in [0, 0.1) is 6.92 Å². The second-order valence-electron chi connectivity index (χ2n) is 2.78. The summed E-state index contributed by atoms with van der Waals surface area (Å²) in [5.74, 6) is 0. The highest BCUT2D eigenvalue weighted by atomic mass is 32.1. The maximum absolute atomic E-state index is 11.0. The predicted molar refractivity (Wildman–Crippen MR) is 52.9 cm³/mol. The van der Waals surface area contributed by atoms with Crippen LogP contribution >= 0.6 is 11.3 Å². The van der Waals surface area contributed by atoms with Gasteiger partial charge in [0.1, 0.15) is 0 Å². The summed E-state index contributed by atoms with van der Waals surface area (Å²) >= 11 is 1.67. The molecule has 2 rings (SSSR count). The normalized spacial score (nSPS) is 10.2.